The average Bonchev–Trinajstić information content (AvgIpc) is 3.31. The highest BCUT2D eigenvalue weighted by Gasteiger charge is 2.52. The number of rotatable bonds is 5. The lowest BCUT2D eigenvalue weighted by atomic mass is 9.58. The lowest BCUT2D eigenvalue weighted by molar-refractivity contribution is -0.142. The molecule has 1 spiro atoms. The van der Waals surface area contributed by atoms with Crippen molar-refractivity contribution >= 4 is 52.3 Å². The zero-order chi connectivity index (χ0) is 25.4. The van der Waals surface area contributed by atoms with Gasteiger partial charge in [-0.25, -0.2) is 4.79 Å². The highest BCUT2D eigenvalue weighted by molar-refractivity contribution is 6.40. The first-order valence-corrected chi connectivity index (χ1v) is 13.2. The van der Waals surface area contributed by atoms with Gasteiger partial charge in [0.2, 0.25) is 0 Å². The molecular formula is C28H28Cl2N2O4. The van der Waals surface area contributed by atoms with Crippen LogP contribution in [-0.4, -0.2) is 43.1 Å². The first-order valence-electron chi connectivity index (χ1n) is 12.4. The summed E-state index contributed by atoms with van der Waals surface area (Å²) >= 11 is 12.5. The minimum atomic E-state index is -0.698. The Morgan fingerprint density at radius 2 is 1.83 bits per heavy atom. The first-order chi connectivity index (χ1) is 17.3. The summed E-state index contributed by atoms with van der Waals surface area (Å²) in [5.41, 5.74) is 3.46. The van der Waals surface area contributed by atoms with Crippen LogP contribution < -0.4 is 4.90 Å². The Kier molecular flexibility index (Phi) is 6.92. The van der Waals surface area contributed by atoms with E-state index >= 15 is 0 Å². The number of halogens is 2. The minimum Gasteiger partial charge on any atom is -0.467 e. The van der Waals surface area contributed by atoms with Gasteiger partial charge < -0.3 is 9.64 Å². The molecule has 0 N–H and O–H groups in total. The lowest BCUT2D eigenvalue weighted by Crippen LogP contribution is -2.52. The molecule has 1 heterocycles. The monoisotopic (exact) mass is 526 g/mol. The molecule has 1 atom stereocenters. The molecule has 0 radical (unpaired) electrons. The fourth-order valence-electron chi connectivity index (χ4n) is 5.80. The van der Waals surface area contributed by atoms with Crippen molar-refractivity contribution in [3.05, 3.63) is 63.1 Å². The Morgan fingerprint density at radius 3 is 2.50 bits per heavy atom. The normalized spacial score (nSPS) is 20.2. The van der Waals surface area contributed by atoms with Crippen LogP contribution in [0.4, 0.5) is 5.69 Å². The number of nitrogens with zero attached hydrogens (tertiary/aromatic N) is 2. The van der Waals surface area contributed by atoms with Crippen LogP contribution in [0.5, 0.6) is 0 Å². The van der Waals surface area contributed by atoms with Crippen molar-refractivity contribution in [1.29, 1.82) is 0 Å². The largest absolute Gasteiger partial charge is 0.467 e. The second kappa shape index (κ2) is 9.98. The number of esters is 1. The summed E-state index contributed by atoms with van der Waals surface area (Å²) in [5.74, 6) is -0.382. The summed E-state index contributed by atoms with van der Waals surface area (Å²) < 4.78 is 5.06. The van der Waals surface area contributed by atoms with Crippen LogP contribution >= 0.6 is 23.2 Å². The molecule has 0 bridgehead atoms. The fourth-order valence-corrected chi connectivity index (χ4v) is 6.35. The van der Waals surface area contributed by atoms with E-state index < -0.39 is 17.4 Å². The van der Waals surface area contributed by atoms with Gasteiger partial charge in [0.05, 0.1) is 28.1 Å². The number of carbonyl (C=O) groups is 3. The molecule has 1 unspecified atom stereocenters. The smallest absolute Gasteiger partial charge is 0.330 e. The quantitative estimate of drug-likeness (QED) is 0.472. The number of benzene rings is 2. The van der Waals surface area contributed by atoms with Gasteiger partial charge in [0.25, 0.3) is 5.91 Å². The number of amides is 1. The maximum absolute atomic E-state index is 13.2. The molecule has 2 fully saturated rings. The summed E-state index contributed by atoms with van der Waals surface area (Å²) in [7, 11) is 1.36. The molecular weight excluding hydrogens is 499 g/mol. The molecule has 6 nitrogen and oxygen atoms in total. The molecule has 188 valence electrons. The summed E-state index contributed by atoms with van der Waals surface area (Å²) in [6, 6.07) is 10.2. The van der Waals surface area contributed by atoms with Crippen molar-refractivity contribution in [2.75, 3.05) is 18.6 Å². The maximum atomic E-state index is 13.2. The van der Waals surface area contributed by atoms with E-state index in [-0.39, 0.29) is 11.7 Å². The third-order valence-electron chi connectivity index (χ3n) is 7.80. The van der Waals surface area contributed by atoms with Crippen molar-refractivity contribution in [3.8, 4) is 0 Å². The Bertz CT molecular complexity index is 1250. The zero-order valence-corrected chi connectivity index (χ0v) is 21.7. The van der Waals surface area contributed by atoms with Gasteiger partial charge in [-0.1, -0.05) is 60.7 Å². The Balaban J connectivity index is 1.38. The van der Waals surface area contributed by atoms with Crippen molar-refractivity contribution < 1.29 is 19.1 Å². The number of hydrogen-bond acceptors (Lipinski definition) is 5. The number of fused-ring (bicyclic) bond motifs is 1. The van der Waals surface area contributed by atoms with Gasteiger partial charge in [-0.2, -0.15) is 0 Å². The number of anilines is 1. The van der Waals surface area contributed by atoms with Crippen LogP contribution in [0.1, 0.15) is 60.0 Å². The standard InChI is InChI=1S/C28H28Cl2N2O4/c1-36-27(35)21(31-23-16-24(33)28(23)11-3-2-4-12-28)15-17-8-9-22-18(14-17)10-13-32(22)26(34)25-19(29)6-5-7-20(25)30/h5-9,14,21H,2-4,10-13,15-16H2,1H3. The molecule has 3 aliphatic rings. The summed E-state index contributed by atoms with van der Waals surface area (Å²) in [6.45, 7) is 0.520. The number of Topliss-reactive ketones (excluding diaryl/α,β-unsaturated/α-hetero) is 1. The second-order valence-electron chi connectivity index (χ2n) is 9.83. The van der Waals surface area contributed by atoms with Gasteiger partial charge in [0.1, 0.15) is 5.78 Å². The van der Waals surface area contributed by atoms with Gasteiger partial charge in [0, 0.05) is 30.8 Å². The Labute approximate surface area is 220 Å². The number of ketones is 1. The molecule has 2 aromatic rings. The number of carbonyl (C=O) groups excluding carboxylic acids is 3. The summed E-state index contributed by atoms with van der Waals surface area (Å²) in [6.07, 6.45) is 6.23. The van der Waals surface area contributed by atoms with E-state index in [9.17, 15) is 14.4 Å². The number of ether oxygens (including phenoxy) is 1. The molecule has 36 heavy (non-hydrogen) atoms. The number of hydrogen-bond donors (Lipinski definition) is 0. The molecule has 2 aliphatic carbocycles. The molecule has 0 aromatic heterocycles. The van der Waals surface area contributed by atoms with E-state index in [1.807, 2.05) is 18.2 Å². The van der Waals surface area contributed by atoms with Crippen molar-refractivity contribution in [2.24, 2.45) is 10.4 Å². The van der Waals surface area contributed by atoms with Crippen LogP contribution in [0.2, 0.25) is 10.0 Å². The Hall–Kier alpha value is -2.70. The molecule has 1 amide bonds. The van der Waals surface area contributed by atoms with E-state index in [4.69, 9.17) is 32.9 Å². The Morgan fingerprint density at radius 1 is 1.11 bits per heavy atom. The van der Waals surface area contributed by atoms with Gasteiger partial charge in [-0.05, 0) is 48.6 Å². The minimum absolute atomic E-state index is 0.233. The van der Waals surface area contributed by atoms with Crippen molar-refractivity contribution in [3.63, 3.8) is 0 Å². The summed E-state index contributed by atoms with van der Waals surface area (Å²) in [5, 5.41) is 0.644. The first kappa shape index (κ1) is 25.0. The lowest BCUT2D eigenvalue weighted by Gasteiger charge is -2.44. The van der Waals surface area contributed by atoms with Gasteiger partial charge in [0.15, 0.2) is 6.04 Å². The van der Waals surface area contributed by atoms with Crippen LogP contribution in [0.15, 0.2) is 41.4 Å². The molecule has 2 saturated carbocycles. The number of aliphatic imine (C=N–C) groups is 1. The van der Waals surface area contributed by atoms with E-state index in [1.165, 1.54) is 7.11 Å². The highest BCUT2D eigenvalue weighted by atomic mass is 35.5. The zero-order valence-electron chi connectivity index (χ0n) is 20.2. The van der Waals surface area contributed by atoms with E-state index in [1.54, 1.807) is 23.1 Å². The predicted octanol–water partition coefficient (Wildman–Crippen LogP) is 5.64. The molecule has 0 saturated heterocycles. The molecule has 5 rings (SSSR count). The number of methoxy groups -OCH3 is 1. The third-order valence-corrected chi connectivity index (χ3v) is 8.43. The average molecular weight is 527 g/mol. The second-order valence-corrected chi connectivity index (χ2v) is 10.6. The van der Waals surface area contributed by atoms with Crippen LogP contribution in [0.3, 0.4) is 0 Å². The SMILES string of the molecule is COC(=O)C(Cc1ccc2c(c1)CCN2C(=O)c1c(Cl)cccc1Cl)N=C1CC(=O)C12CCCCC2. The van der Waals surface area contributed by atoms with Gasteiger partial charge in [-0.15, -0.1) is 0 Å². The van der Waals surface area contributed by atoms with Crippen LogP contribution in [0, 0.1) is 5.41 Å². The highest BCUT2D eigenvalue weighted by Crippen LogP contribution is 2.47. The predicted molar refractivity (Wildman–Crippen MR) is 140 cm³/mol. The topological polar surface area (TPSA) is 76.0 Å². The van der Waals surface area contributed by atoms with Crippen LogP contribution in [-0.2, 0) is 27.2 Å². The van der Waals surface area contributed by atoms with Gasteiger partial charge >= 0.3 is 5.97 Å². The van der Waals surface area contributed by atoms with Gasteiger partial charge in [-0.3, -0.25) is 14.6 Å². The fraction of sp³-hybridized carbons (Fsp3) is 0.429. The molecule has 1 aliphatic heterocycles. The van der Waals surface area contributed by atoms with E-state index in [0.717, 1.165) is 54.6 Å². The molecule has 8 heteroatoms. The molecule has 2 aromatic carbocycles. The summed E-state index contributed by atoms with van der Waals surface area (Å²) in [4.78, 5) is 44.9. The third kappa shape index (κ3) is 4.35. The van der Waals surface area contributed by atoms with Crippen LogP contribution in [0.25, 0.3) is 0 Å². The van der Waals surface area contributed by atoms with E-state index in [2.05, 4.69) is 0 Å². The van der Waals surface area contributed by atoms with E-state index in [0.29, 0.717) is 41.4 Å². The maximum Gasteiger partial charge on any atom is 0.330 e. The van der Waals surface area contributed by atoms with Crippen molar-refractivity contribution in [2.45, 2.75) is 57.4 Å². The van der Waals surface area contributed by atoms with Crippen molar-refractivity contribution in [1.82, 2.24) is 0 Å².